The molecule has 0 heterocycles. The molecule has 10 heteroatoms. The molecule has 0 saturated carbocycles. The molecule has 0 aliphatic heterocycles. The molecule has 0 saturated heterocycles. The highest BCUT2D eigenvalue weighted by Gasteiger charge is 2.07. The first-order valence-corrected chi connectivity index (χ1v) is 8.04. The average Bonchev–Trinajstić information content (AvgIpc) is 1.62. The van der Waals surface area contributed by atoms with E-state index in [0.29, 0.717) is 10.5 Å². The van der Waals surface area contributed by atoms with Crippen LogP contribution in [-0.2, 0) is 13.1 Å². The van der Waals surface area contributed by atoms with Gasteiger partial charge in [-0.3, -0.25) is 4.46 Å². The molecule has 0 spiro atoms. The molecular formula is H8O6PSi3+. The maximum absolute atomic E-state index is 9.71. The molecule has 3 N–H and O–H groups in total. The number of rotatable bonds is 2. The van der Waals surface area contributed by atoms with Crippen LogP contribution in [0.15, 0.2) is 0 Å². The monoisotopic (exact) mass is 219 g/mol. The van der Waals surface area contributed by atoms with Crippen molar-refractivity contribution in [3.8, 4) is 0 Å². The quantitative estimate of drug-likeness (QED) is 0.327. The van der Waals surface area contributed by atoms with Crippen LogP contribution >= 0.6 is 7.58 Å². The summed E-state index contributed by atoms with van der Waals surface area (Å²) in [5.74, 6) is 0. The van der Waals surface area contributed by atoms with E-state index in [4.69, 9.17) is 18.9 Å². The van der Waals surface area contributed by atoms with Gasteiger partial charge in [0.2, 0.25) is 0 Å². The van der Waals surface area contributed by atoms with Crippen LogP contribution < -0.4 is 0 Å². The molecule has 0 radical (unpaired) electrons. The molecule has 0 fully saturated rings. The molecule has 60 valence electrons. The van der Waals surface area contributed by atoms with Crippen LogP contribution in [0.25, 0.3) is 0 Å². The van der Waals surface area contributed by atoms with Gasteiger partial charge in [0, 0.05) is 0 Å². The minimum Gasteiger partial charge on any atom is -0.511 e. The van der Waals surface area contributed by atoms with Crippen molar-refractivity contribution >= 4 is 36.7 Å². The lowest BCUT2D eigenvalue weighted by atomic mass is 15.8. The standard InChI is InChI=1S/H5O3PSi2.H2O3Si/c1-4(2)6-3-5;1-4(2)3/h6H2,5H3;1-2H/p+1. The van der Waals surface area contributed by atoms with Gasteiger partial charge in [-0.1, -0.05) is 4.57 Å². The highest BCUT2D eigenvalue weighted by Crippen LogP contribution is 2.06. The molecule has 0 aliphatic rings. The van der Waals surface area contributed by atoms with Gasteiger partial charge in [-0.05, 0) is 0 Å². The number of hydrogen-bond acceptors (Lipinski definition) is 3. The molecule has 1 atom stereocenters. The van der Waals surface area contributed by atoms with Crippen LogP contribution in [0.5, 0.6) is 0 Å². The Bertz CT molecular complexity index is 108. The van der Waals surface area contributed by atoms with Gasteiger partial charge in [0.25, 0.3) is 0 Å². The van der Waals surface area contributed by atoms with Crippen LogP contribution in [0, 0.1) is 0 Å². The molecule has 0 aromatic rings. The summed E-state index contributed by atoms with van der Waals surface area (Å²) < 4.78 is 23.0. The third-order valence-corrected chi connectivity index (χ3v) is 4.48. The van der Waals surface area contributed by atoms with Crippen molar-refractivity contribution in [2.24, 2.45) is 0 Å². The topological polar surface area (TPSA) is 104 Å². The number of hydrogen-bond donors (Lipinski definition) is 3. The van der Waals surface area contributed by atoms with Crippen molar-refractivity contribution < 1.29 is 27.6 Å². The summed E-state index contributed by atoms with van der Waals surface area (Å²) in [6.45, 7) is 0. The van der Waals surface area contributed by atoms with Gasteiger partial charge in [-0.15, -0.1) is 0 Å². The summed E-state index contributed by atoms with van der Waals surface area (Å²) in [6, 6.07) is 0. The zero-order valence-electron chi connectivity index (χ0n) is 5.22. The van der Waals surface area contributed by atoms with E-state index in [1.54, 1.807) is 0 Å². The molecule has 0 aromatic carbocycles. The minimum atomic E-state index is -3.13. The molecule has 0 bridgehead atoms. The van der Waals surface area contributed by atoms with Gasteiger partial charge in [-0.2, -0.15) is 4.89 Å². The molecule has 0 rings (SSSR count). The van der Waals surface area contributed by atoms with Gasteiger partial charge < -0.3 is 13.7 Å². The Kier molecular flexibility index (Phi) is 11.5. The zero-order valence-corrected chi connectivity index (χ0v) is 10.5. The Balaban J connectivity index is 0. The lowest BCUT2D eigenvalue weighted by Gasteiger charge is -1.71. The first kappa shape index (κ1) is 12.7. The van der Waals surface area contributed by atoms with E-state index in [9.17, 15) is 4.57 Å². The van der Waals surface area contributed by atoms with Gasteiger partial charge >= 0.3 is 26.2 Å². The minimum absolute atomic E-state index is 0.605. The molecule has 0 aromatic heterocycles. The van der Waals surface area contributed by atoms with E-state index in [1.807, 2.05) is 0 Å². The molecule has 1 unspecified atom stereocenters. The third kappa shape index (κ3) is 42.8. The predicted molar refractivity (Wildman–Crippen MR) is 40.3 cm³/mol. The summed E-state index contributed by atoms with van der Waals surface area (Å²) in [4.78, 5) is 22.3. The van der Waals surface area contributed by atoms with Gasteiger partial charge in [0.1, 0.15) is 10.5 Å². The summed E-state index contributed by atoms with van der Waals surface area (Å²) in [5.41, 5.74) is 0. The first-order chi connectivity index (χ1) is 4.50. The summed E-state index contributed by atoms with van der Waals surface area (Å²) in [5, 5.41) is 0. The fourth-order valence-electron chi connectivity index (χ4n) is 0.110. The average molecular weight is 219 g/mol. The largest absolute Gasteiger partial charge is 0.761 e. The van der Waals surface area contributed by atoms with Crippen LogP contribution in [0.3, 0.4) is 0 Å². The summed E-state index contributed by atoms with van der Waals surface area (Å²) in [7, 11) is -5.44. The van der Waals surface area contributed by atoms with E-state index in [1.165, 1.54) is 0 Å². The van der Waals surface area contributed by atoms with Crippen LogP contribution in [0.2, 0.25) is 0 Å². The molecular weight excluding hydrogens is 211 g/mol. The smallest absolute Gasteiger partial charge is 0.511 e. The SMILES string of the molecule is O=[P+](O)[SiH2]O[SiH3].O=[Si](O)O. The molecule has 0 amide bonds. The maximum atomic E-state index is 9.71. The molecule has 0 aliphatic carbocycles. The van der Waals surface area contributed by atoms with Crippen molar-refractivity contribution in [1.82, 2.24) is 0 Å². The second kappa shape index (κ2) is 9.07. The lowest BCUT2D eigenvalue weighted by molar-refractivity contribution is 0.330. The summed E-state index contributed by atoms with van der Waals surface area (Å²) >= 11 is 0. The van der Waals surface area contributed by atoms with Crippen LogP contribution in [0.4, 0.5) is 0 Å². The van der Waals surface area contributed by atoms with E-state index < -0.39 is 26.2 Å². The first-order valence-electron chi connectivity index (χ1n) is 2.05. The van der Waals surface area contributed by atoms with E-state index >= 15 is 0 Å². The fraction of sp³-hybridized carbons (Fsp3) is 0. The lowest BCUT2D eigenvalue weighted by Crippen LogP contribution is -1.90. The third-order valence-electron chi connectivity index (χ3n) is 0.240. The molecule has 6 nitrogen and oxygen atoms in total. The Morgan fingerprint density at radius 2 is 1.90 bits per heavy atom. The van der Waals surface area contributed by atoms with Crippen molar-refractivity contribution in [2.75, 3.05) is 0 Å². The highest BCUT2D eigenvalue weighted by atomic mass is 31.4. The molecule has 10 heavy (non-hydrogen) atoms. The van der Waals surface area contributed by atoms with E-state index in [2.05, 4.69) is 4.12 Å². The Hall–Kier alpha value is 0.0706. The van der Waals surface area contributed by atoms with Gasteiger partial charge in [-0.25, -0.2) is 0 Å². The van der Waals surface area contributed by atoms with Crippen molar-refractivity contribution in [1.29, 1.82) is 0 Å². The van der Waals surface area contributed by atoms with E-state index in [0.717, 1.165) is 0 Å². The Morgan fingerprint density at radius 3 is 1.90 bits per heavy atom. The van der Waals surface area contributed by atoms with Crippen LogP contribution in [0.1, 0.15) is 0 Å². The normalized spacial score (nSPS) is 10.7. The van der Waals surface area contributed by atoms with Crippen molar-refractivity contribution in [3.05, 3.63) is 0 Å². The zero-order chi connectivity index (χ0) is 8.57. The van der Waals surface area contributed by atoms with Crippen molar-refractivity contribution in [2.45, 2.75) is 0 Å². The van der Waals surface area contributed by atoms with Gasteiger partial charge in [0.15, 0.2) is 0 Å². The fourth-order valence-corrected chi connectivity index (χ4v) is 2.98. The van der Waals surface area contributed by atoms with Crippen molar-refractivity contribution in [3.63, 3.8) is 0 Å². The Morgan fingerprint density at radius 1 is 1.60 bits per heavy atom. The maximum Gasteiger partial charge on any atom is 0.761 e. The van der Waals surface area contributed by atoms with Crippen LogP contribution in [-0.4, -0.2) is 43.6 Å². The second-order valence-electron chi connectivity index (χ2n) is 1.05. The van der Waals surface area contributed by atoms with E-state index in [-0.39, 0.29) is 0 Å². The summed E-state index contributed by atoms with van der Waals surface area (Å²) in [6.07, 6.45) is 0. The second-order valence-corrected chi connectivity index (χ2v) is 7.29. The highest BCUT2D eigenvalue weighted by molar-refractivity contribution is 7.70. The van der Waals surface area contributed by atoms with Gasteiger partial charge in [0.05, 0.1) is 0 Å². The Labute approximate surface area is 65.0 Å². The predicted octanol–water partition coefficient (Wildman–Crippen LogP) is -3.60.